The Morgan fingerprint density at radius 3 is 2.89 bits per heavy atom. The molecule has 9 heteroatoms. The number of thiazole rings is 1. The molecule has 2 aromatic rings. The lowest BCUT2D eigenvalue weighted by Crippen LogP contribution is -2.27. The Morgan fingerprint density at radius 1 is 1.33 bits per heavy atom. The lowest BCUT2D eigenvalue weighted by atomic mass is 10.2. The number of amides is 2. The molecule has 1 saturated heterocycles. The average molecular weight is 389 g/mol. The fraction of sp³-hybridized carbons (Fsp3) is 0.333. The Balaban J connectivity index is 1.58. The van der Waals surface area contributed by atoms with Crippen LogP contribution in [-0.4, -0.2) is 43.0 Å². The Morgan fingerprint density at radius 2 is 2.15 bits per heavy atom. The quantitative estimate of drug-likeness (QED) is 0.729. The molecule has 27 heavy (non-hydrogen) atoms. The van der Waals surface area contributed by atoms with Crippen molar-refractivity contribution in [3.05, 3.63) is 40.3 Å². The number of methoxy groups -OCH3 is 1. The maximum absolute atomic E-state index is 12.2. The number of hydrogen-bond donors (Lipinski definition) is 1. The number of nitrogens with one attached hydrogen (secondary N) is 1. The van der Waals surface area contributed by atoms with Gasteiger partial charge in [0, 0.05) is 25.5 Å². The van der Waals surface area contributed by atoms with Gasteiger partial charge in [-0.15, -0.1) is 11.3 Å². The SMILES string of the molecule is COCc1nc(C(=O)OCC(=O)Nc2ccccc2N2CCCC2=O)cs1. The highest BCUT2D eigenvalue weighted by Crippen LogP contribution is 2.29. The Kier molecular flexibility index (Phi) is 6.15. The summed E-state index contributed by atoms with van der Waals surface area (Å²) in [5, 5.41) is 4.90. The van der Waals surface area contributed by atoms with Gasteiger partial charge in [-0.3, -0.25) is 9.59 Å². The van der Waals surface area contributed by atoms with Crippen molar-refractivity contribution in [1.29, 1.82) is 0 Å². The third-order valence-corrected chi connectivity index (χ3v) is 4.73. The third kappa shape index (κ3) is 4.69. The highest BCUT2D eigenvalue weighted by molar-refractivity contribution is 7.09. The van der Waals surface area contributed by atoms with Crippen molar-refractivity contribution in [1.82, 2.24) is 4.98 Å². The molecule has 0 unspecified atom stereocenters. The first-order valence-corrected chi connectivity index (χ1v) is 9.26. The van der Waals surface area contributed by atoms with Crippen molar-refractivity contribution in [3.63, 3.8) is 0 Å². The Hall–Kier alpha value is -2.78. The molecule has 142 valence electrons. The van der Waals surface area contributed by atoms with Crippen LogP contribution in [-0.2, 0) is 25.7 Å². The van der Waals surface area contributed by atoms with Gasteiger partial charge in [0.1, 0.15) is 5.01 Å². The smallest absolute Gasteiger partial charge is 0.358 e. The largest absolute Gasteiger partial charge is 0.451 e. The number of aromatic nitrogens is 1. The van der Waals surface area contributed by atoms with E-state index in [0.717, 1.165) is 6.42 Å². The van der Waals surface area contributed by atoms with E-state index in [1.54, 1.807) is 34.5 Å². The van der Waals surface area contributed by atoms with E-state index in [2.05, 4.69) is 10.3 Å². The topological polar surface area (TPSA) is 97.8 Å². The highest BCUT2D eigenvalue weighted by atomic mass is 32.1. The van der Waals surface area contributed by atoms with Gasteiger partial charge in [0.2, 0.25) is 5.91 Å². The van der Waals surface area contributed by atoms with Crippen LogP contribution in [0.2, 0.25) is 0 Å². The van der Waals surface area contributed by atoms with E-state index in [0.29, 0.717) is 36.0 Å². The minimum absolute atomic E-state index is 0.0264. The number of anilines is 2. The zero-order chi connectivity index (χ0) is 19.2. The molecular weight excluding hydrogens is 370 g/mol. The molecule has 0 radical (unpaired) electrons. The van der Waals surface area contributed by atoms with Crippen molar-refractivity contribution in [2.24, 2.45) is 0 Å². The van der Waals surface area contributed by atoms with Crippen LogP contribution in [0.15, 0.2) is 29.6 Å². The van der Waals surface area contributed by atoms with E-state index in [1.807, 2.05) is 0 Å². The lowest BCUT2D eigenvalue weighted by Gasteiger charge is -2.19. The molecule has 1 aliphatic rings. The first kappa shape index (κ1) is 19.0. The van der Waals surface area contributed by atoms with E-state index < -0.39 is 18.5 Å². The lowest BCUT2D eigenvalue weighted by molar-refractivity contribution is -0.119. The fourth-order valence-electron chi connectivity index (χ4n) is 2.70. The van der Waals surface area contributed by atoms with Crippen LogP contribution in [0, 0.1) is 0 Å². The number of rotatable bonds is 7. The van der Waals surface area contributed by atoms with E-state index in [1.165, 1.54) is 18.4 Å². The predicted octanol–water partition coefficient (Wildman–Crippen LogP) is 2.21. The molecule has 0 spiro atoms. The molecule has 1 aliphatic heterocycles. The monoisotopic (exact) mass is 389 g/mol. The van der Waals surface area contributed by atoms with Gasteiger partial charge in [-0.2, -0.15) is 0 Å². The first-order valence-electron chi connectivity index (χ1n) is 8.38. The molecular formula is C18H19N3O5S. The average Bonchev–Trinajstić information content (AvgIpc) is 3.30. The van der Waals surface area contributed by atoms with Gasteiger partial charge in [0.25, 0.3) is 5.91 Å². The van der Waals surface area contributed by atoms with E-state index in [-0.39, 0.29) is 11.6 Å². The zero-order valence-electron chi connectivity index (χ0n) is 14.8. The number of carbonyl (C=O) groups excluding carboxylic acids is 3. The second-order valence-electron chi connectivity index (χ2n) is 5.85. The second-order valence-corrected chi connectivity index (χ2v) is 6.79. The van der Waals surface area contributed by atoms with Crippen LogP contribution in [0.25, 0.3) is 0 Å². The maximum atomic E-state index is 12.2. The molecule has 1 aromatic carbocycles. The van der Waals surface area contributed by atoms with Gasteiger partial charge < -0.3 is 19.7 Å². The van der Waals surface area contributed by atoms with Gasteiger partial charge in [0.15, 0.2) is 12.3 Å². The van der Waals surface area contributed by atoms with Gasteiger partial charge in [0.05, 0.1) is 18.0 Å². The predicted molar refractivity (Wildman–Crippen MR) is 99.8 cm³/mol. The standard InChI is InChI=1S/C18H19N3O5S/c1-25-10-16-20-13(11-27-16)18(24)26-9-15(22)19-12-5-2-3-6-14(12)21-8-4-7-17(21)23/h2-3,5-6,11H,4,7-10H2,1H3,(H,19,22). The molecule has 2 heterocycles. The molecule has 2 amide bonds. The maximum Gasteiger partial charge on any atom is 0.358 e. The summed E-state index contributed by atoms with van der Waals surface area (Å²) in [5.41, 5.74) is 1.29. The van der Waals surface area contributed by atoms with Crippen molar-refractivity contribution >= 4 is 40.5 Å². The Bertz CT molecular complexity index is 851. The minimum Gasteiger partial charge on any atom is -0.451 e. The van der Waals surface area contributed by atoms with Crippen LogP contribution >= 0.6 is 11.3 Å². The summed E-state index contributed by atoms with van der Waals surface area (Å²) < 4.78 is 9.96. The molecule has 8 nitrogen and oxygen atoms in total. The van der Waals surface area contributed by atoms with E-state index in [4.69, 9.17) is 9.47 Å². The van der Waals surface area contributed by atoms with Crippen LogP contribution in [0.1, 0.15) is 28.3 Å². The minimum atomic E-state index is -0.674. The number of benzene rings is 1. The molecule has 1 aromatic heterocycles. The normalized spacial score (nSPS) is 13.7. The van der Waals surface area contributed by atoms with Crippen LogP contribution in [0.4, 0.5) is 11.4 Å². The number of nitrogens with zero attached hydrogens (tertiary/aromatic N) is 2. The second kappa shape index (κ2) is 8.74. The van der Waals surface area contributed by atoms with Gasteiger partial charge in [-0.05, 0) is 18.6 Å². The first-order chi connectivity index (χ1) is 13.1. The molecule has 0 saturated carbocycles. The number of ether oxygens (including phenoxy) is 2. The van der Waals surface area contributed by atoms with Crippen LogP contribution < -0.4 is 10.2 Å². The van der Waals surface area contributed by atoms with Crippen LogP contribution in [0.3, 0.4) is 0 Å². The van der Waals surface area contributed by atoms with Gasteiger partial charge in [-0.1, -0.05) is 12.1 Å². The van der Waals surface area contributed by atoms with E-state index >= 15 is 0 Å². The number of carbonyl (C=O) groups is 3. The van der Waals surface area contributed by atoms with Crippen molar-refractivity contribution in [2.75, 3.05) is 30.5 Å². The van der Waals surface area contributed by atoms with Gasteiger partial charge in [-0.25, -0.2) is 9.78 Å². The summed E-state index contributed by atoms with van der Waals surface area (Å²) in [5.74, 6) is -1.14. The van der Waals surface area contributed by atoms with Crippen molar-refractivity contribution < 1.29 is 23.9 Å². The number of hydrogen-bond acceptors (Lipinski definition) is 7. The van der Waals surface area contributed by atoms with Crippen molar-refractivity contribution in [2.45, 2.75) is 19.4 Å². The fourth-order valence-corrected chi connectivity index (χ4v) is 3.44. The summed E-state index contributed by atoms with van der Waals surface area (Å²) >= 11 is 1.28. The number of para-hydroxylation sites is 2. The summed E-state index contributed by atoms with van der Waals surface area (Å²) in [6, 6.07) is 7.05. The Labute approximate surface area is 160 Å². The highest BCUT2D eigenvalue weighted by Gasteiger charge is 2.24. The molecule has 0 aliphatic carbocycles. The molecule has 3 rings (SSSR count). The molecule has 1 fully saturated rings. The zero-order valence-corrected chi connectivity index (χ0v) is 15.6. The summed E-state index contributed by atoms with van der Waals surface area (Å²) in [7, 11) is 1.54. The van der Waals surface area contributed by atoms with E-state index in [9.17, 15) is 14.4 Å². The molecule has 0 atom stereocenters. The number of esters is 1. The molecule has 0 bridgehead atoms. The van der Waals surface area contributed by atoms with Crippen LogP contribution in [0.5, 0.6) is 0 Å². The summed E-state index contributed by atoms with van der Waals surface area (Å²) in [6.45, 7) is 0.483. The van der Waals surface area contributed by atoms with Crippen molar-refractivity contribution in [3.8, 4) is 0 Å². The molecule has 1 N–H and O–H groups in total. The summed E-state index contributed by atoms with van der Waals surface area (Å²) in [4.78, 5) is 41.9. The summed E-state index contributed by atoms with van der Waals surface area (Å²) in [6.07, 6.45) is 1.29. The third-order valence-electron chi connectivity index (χ3n) is 3.91. The van der Waals surface area contributed by atoms with Gasteiger partial charge >= 0.3 is 5.97 Å².